The van der Waals surface area contributed by atoms with Crippen molar-refractivity contribution in [3.63, 3.8) is 0 Å². The molecule has 5 heteroatoms. The van der Waals surface area contributed by atoms with Crippen molar-refractivity contribution < 1.29 is 0 Å². The molecule has 0 radical (unpaired) electrons. The summed E-state index contributed by atoms with van der Waals surface area (Å²) >= 11 is 7.85. The zero-order chi connectivity index (χ0) is 16.1. The summed E-state index contributed by atoms with van der Waals surface area (Å²) in [5.41, 5.74) is 2.14. The van der Waals surface area contributed by atoms with Gasteiger partial charge < -0.3 is 5.32 Å². The maximum absolute atomic E-state index is 6.14. The minimum absolute atomic E-state index is 0.430. The first-order chi connectivity index (χ1) is 11.2. The molecule has 0 spiro atoms. The van der Waals surface area contributed by atoms with Gasteiger partial charge in [-0.25, -0.2) is 9.97 Å². The molecule has 3 nitrogen and oxygen atoms in total. The van der Waals surface area contributed by atoms with E-state index in [2.05, 4.69) is 45.8 Å². The Morgan fingerprint density at radius 3 is 2.43 bits per heavy atom. The Bertz CT molecular complexity index is 776. The number of nitrogens with one attached hydrogen (secondary N) is 1. The SMILES string of the molecule is CSc1ccc(-c2nc(Cl)cc(NCc3ccccc3)n2)cc1. The fourth-order valence-electron chi connectivity index (χ4n) is 2.17. The van der Waals surface area contributed by atoms with Crippen molar-refractivity contribution >= 4 is 29.2 Å². The van der Waals surface area contributed by atoms with Crippen LogP contribution in [-0.2, 0) is 6.54 Å². The van der Waals surface area contributed by atoms with Crippen LogP contribution in [-0.4, -0.2) is 16.2 Å². The highest BCUT2D eigenvalue weighted by Gasteiger charge is 2.06. The number of hydrogen-bond acceptors (Lipinski definition) is 4. The van der Waals surface area contributed by atoms with Crippen molar-refractivity contribution in [1.82, 2.24) is 9.97 Å². The topological polar surface area (TPSA) is 37.8 Å². The maximum Gasteiger partial charge on any atom is 0.163 e. The van der Waals surface area contributed by atoms with E-state index >= 15 is 0 Å². The first-order valence-electron chi connectivity index (χ1n) is 7.21. The van der Waals surface area contributed by atoms with E-state index in [-0.39, 0.29) is 0 Å². The molecule has 1 N–H and O–H groups in total. The summed E-state index contributed by atoms with van der Waals surface area (Å²) in [5.74, 6) is 1.35. The molecule has 0 aliphatic carbocycles. The van der Waals surface area contributed by atoms with Crippen molar-refractivity contribution in [2.45, 2.75) is 11.4 Å². The van der Waals surface area contributed by atoms with Gasteiger partial charge in [0.05, 0.1) is 0 Å². The highest BCUT2D eigenvalue weighted by atomic mass is 35.5. The molecule has 116 valence electrons. The Morgan fingerprint density at radius 2 is 1.74 bits per heavy atom. The van der Waals surface area contributed by atoms with Gasteiger partial charge in [0.1, 0.15) is 11.0 Å². The second-order valence-corrected chi connectivity index (χ2v) is 6.23. The molecule has 1 heterocycles. The number of hydrogen-bond donors (Lipinski definition) is 1. The molecule has 0 unspecified atom stereocenters. The quantitative estimate of drug-likeness (QED) is 0.515. The first kappa shape index (κ1) is 15.8. The summed E-state index contributed by atoms with van der Waals surface area (Å²) in [7, 11) is 0. The zero-order valence-corrected chi connectivity index (χ0v) is 14.2. The maximum atomic E-state index is 6.14. The van der Waals surface area contributed by atoms with E-state index in [9.17, 15) is 0 Å². The Morgan fingerprint density at radius 1 is 1.00 bits per heavy atom. The van der Waals surface area contributed by atoms with Crippen molar-refractivity contribution in [3.8, 4) is 11.4 Å². The largest absolute Gasteiger partial charge is 0.366 e. The van der Waals surface area contributed by atoms with Gasteiger partial charge in [-0.15, -0.1) is 11.8 Å². The summed E-state index contributed by atoms with van der Waals surface area (Å²) in [5, 5.41) is 3.72. The Hall–Kier alpha value is -2.04. The molecule has 23 heavy (non-hydrogen) atoms. The number of halogens is 1. The third-order valence-corrected chi connectivity index (χ3v) is 4.30. The predicted molar refractivity (Wildman–Crippen MR) is 98.0 cm³/mol. The lowest BCUT2D eigenvalue weighted by atomic mass is 10.2. The summed E-state index contributed by atoms with van der Waals surface area (Å²) in [6, 6.07) is 20.0. The van der Waals surface area contributed by atoms with Gasteiger partial charge in [0.25, 0.3) is 0 Å². The van der Waals surface area contributed by atoms with E-state index in [1.807, 2.05) is 30.3 Å². The van der Waals surface area contributed by atoms with Crippen LogP contribution in [0.4, 0.5) is 5.82 Å². The lowest BCUT2D eigenvalue weighted by molar-refractivity contribution is 1.09. The van der Waals surface area contributed by atoms with Crippen molar-refractivity contribution in [3.05, 3.63) is 71.4 Å². The van der Waals surface area contributed by atoms with Crippen LogP contribution in [0, 0.1) is 0 Å². The summed E-state index contributed by atoms with van der Waals surface area (Å²) in [4.78, 5) is 10.1. The van der Waals surface area contributed by atoms with Gasteiger partial charge >= 0.3 is 0 Å². The van der Waals surface area contributed by atoms with E-state index in [1.54, 1.807) is 17.8 Å². The molecule has 0 aliphatic heterocycles. The molecule has 3 rings (SSSR count). The number of nitrogens with zero attached hydrogens (tertiary/aromatic N) is 2. The lowest BCUT2D eigenvalue weighted by Crippen LogP contribution is -2.03. The smallest absolute Gasteiger partial charge is 0.163 e. The van der Waals surface area contributed by atoms with Gasteiger partial charge in [0.15, 0.2) is 5.82 Å². The third kappa shape index (κ3) is 4.24. The monoisotopic (exact) mass is 341 g/mol. The summed E-state index contributed by atoms with van der Waals surface area (Å²) < 4.78 is 0. The van der Waals surface area contributed by atoms with Gasteiger partial charge in [-0.3, -0.25) is 0 Å². The molecule has 0 aliphatic rings. The van der Waals surface area contributed by atoms with E-state index in [0.29, 0.717) is 17.5 Å². The third-order valence-electron chi connectivity index (χ3n) is 3.36. The Labute approximate surface area is 145 Å². The number of rotatable bonds is 5. The highest BCUT2D eigenvalue weighted by molar-refractivity contribution is 7.98. The highest BCUT2D eigenvalue weighted by Crippen LogP contribution is 2.23. The molecule has 0 saturated heterocycles. The second-order valence-electron chi connectivity index (χ2n) is 4.97. The van der Waals surface area contributed by atoms with Gasteiger partial charge in [-0.2, -0.15) is 0 Å². The zero-order valence-electron chi connectivity index (χ0n) is 12.7. The van der Waals surface area contributed by atoms with Crippen LogP contribution in [0.3, 0.4) is 0 Å². The van der Waals surface area contributed by atoms with Crippen LogP contribution in [0.5, 0.6) is 0 Å². The fourth-order valence-corrected chi connectivity index (χ4v) is 2.76. The van der Waals surface area contributed by atoms with Crippen molar-refractivity contribution in [1.29, 1.82) is 0 Å². The number of aromatic nitrogens is 2. The molecule has 0 fully saturated rings. The molecule has 3 aromatic rings. The van der Waals surface area contributed by atoms with E-state index < -0.39 is 0 Å². The molecule has 1 aromatic heterocycles. The number of thioether (sulfide) groups is 1. The molecule has 0 bridgehead atoms. The normalized spacial score (nSPS) is 10.5. The number of anilines is 1. The lowest BCUT2D eigenvalue weighted by Gasteiger charge is -2.08. The van der Waals surface area contributed by atoms with E-state index in [4.69, 9.17) is 11.6 Å². The van der Waals surface area contributed by atoms with Crippen LogP contribution in [0.15, 0.2) is 65.6 Å². The van der Waals surface area contributed by atoms with Crippen molar-refractivity contribution in [2.24, 2.45) is 0 Å². The van der Waals surface area contributed by atoms with Gasteiger partial charge in [0, 0.05) is 23.1 Å². The average molecular weight is 342 g/mol. The predicted octanol–water partition coefficient (Wildman–Crippen LogP) is 5.13. The van der Waals surface area contributed by atoms with Gasteiger partial charge in [-0.1, -0.05) is 54.1 Å². The molecule has 2 aromatic carbocycles. The molecule has 0 atom stereocenters. The second kappa shape index (κ2) is 7.49. The van der Waals surface area contributed by atoms with Crippen molar-refractivity contribution in [2.75, 3.05) is 11.6 Å². The average Bonchev–Trinajstić information content (AvgIpc) is 2.60. The van der Waals surface area contributed by atoms with Crippen LogP contribution in [0.1, 0.15) is 5.56 Å². The summed E-state index contributed by atoms with van der Waals surface area (Å²) in [6.07, 6.45) is 2.05. The summed E-state index contributed by atoms with van der Waals surface area (Å²) in [6.45, 7) is 0.693. The molecular formula is C18H16ClN3S. The minimum atomic E-state index is 0.430. The van der Waals surface area contributed by atoms with Gasteiger partial charge in [0.2, 0.25) is 0 Å². The van der Waals surface area contributed by atoms with E-state index in [0.717, 1.165) is 11.4 Å². The Balaban J connectivity index is 1.80. The molecular weight excluding hydrogens is 326 g/mol. The van der Waals surface area contributed by atoms with Crippen LogP contribution >= 0.6 is 23.4 Å². The minimum Gasteiger partial charge on any atom is -0.366 e. The number of benzene rings is 2. The fraction of sp³-hybridized carbons (Fsp3) is 0.111. The molecule has 0 amide bonds. The first-order valence-corrected chi connectivity index (χ1v) is 8.81. The molecule has 0 saturated carbocycles. The van der Waals surface area contributed by atoms with Gasteiger partial charge in [-0.05, 0) is 24.0 Å². The van der Waals surface area contributed by atoms with E-state index in [1.165, 1.54) is 10.5 Å². The van der Waals surface area contributed by atoms with Crippen LogP contribution < -0.4 is 5.32 Å². The standard InChI is InChI=1S/C18H16ClN3S/c1-23-15-9-7-14(8-10-15)18-21-16(19)11-17(22-18)20-12-13-5-3-2-4-6-13/h2-11H,12H2,1H3,(H,20,21,22). The Kier molecular flexibility index (Phi) is 5.16. The van der Waals surface area contributed by atoms with Crippen LogP contribution in [0.25, 0.3) is 11.4 Å². The van der Waals surface area contributed by atoms with Crippen LogP contribution in [0.2, 0.25) is 5.15 Å².